The van der Waals surface area contributed by atoms with Gasteiger partial charge in [-0.15, -0.1) is 26.3 Å². The van der Waals surface area contributed by atoms with Crippen molar-refractivity contribution in [1.29, 1.82) is 0 Å². The fourth-order valence-electron chi connectivity index (χ4n) is 2.18. The van der Waals surface area contributed by atoms with Crippen molar-refractivity contribution < 1.29 is 0 Å². The molecule has 0 nitrogen and oxygen atoms in total. The van der Waals surface area contributed by atoms with Crippen LogP contribution >= 0.6 is 7.92 Å². The lowest BCUT2D eigenvalue weighted by Crippen LogP contribution is -2.20. The zero-order chi connectivity index (χ0) is 16.9. The van der Waals surface area contributed by atoms with Crippen LogP contribution in [0.15, 0.2) is 117 Å². The van der Waals surface area contributed by atoms with E-state index < -0.39 is 7.92 Å². The van der Waals surface area contributed by atoms with Gasteiger partial charge >= 0.3 is 0 Å². The van der Waals surface area contributed by atoms with Crippen molar-refractivity contribution in [1.82, 2.24) is 0 Å². The van der Waals surface area contributed by atoms with Crippen molar-refractivity contribution in [2.75, 3.05) is 0 Å². The van der Waals surface area contributed by atoms with Crippen molar-refractivity contribution in [2.24, 2.45) is 0 Å². The molecule has 0 aliphatic heterocycles. The molecule has 0 aliphatic carbocycles. The van der Waals surface area contributed by atoms with Gasteiger partial charge in [0.25, 0.3) is 0 Å². The van der Waals surface area contributed by atoms with Gasteiger partial charge in [-0.3, -0.25) is 0 Å². The quantitative estimate of drug-likeness (QED) is 0.468. The van der Waals surface area contributed by atoms with E-state index in [9.17, 15) is 0 Å². The van der Waals surface area contributed by atoms with Gasteiger partial charge in [0.2, 0.25) is 0 Å². The number of hydrogen-bond donors (Lipinski definition) is 0. The first-order valence-electron chi connectivity index (χ1n) is 7.40. The maximum atomic E-state index is 3.00. The van der Waals surface area contributed by atoms with Crippen LogP contribution in [-0.2, 0) is 0 Å². The second kappa shape index (κ2) is 11.2. The Morgan fingerprint density at radius 1 is 0.391 bits per heavy atom. The van der Waals surface area contributed by atoms with E-state index in [0.717, 1.165) is 0 Å². The Morgan fingerprint density at radius 2 is 0.609 bits per heavy atom. The Balaban J connectivity index is 0.000000615. The zero-order valence-electron chi connectivity index (χ0n) is 13.4. The summed E-state index contributed by atoms with van der Waals surface area (Å²) in [5.41, 5.74) is 0. The molecule has 0 N–H and O–H groups in total. The van der Waals surface area contributed by atoms with Crippen molar-refractivity contribution in [3.63, 3.8) is 0 Å². The lowest BCUT2D eigenvalue weighted by molar-refractivity contribution is 1.74. The molecule has 0 saturated carbocycles. The van der Waals surface area contributed by atoms with Gasteiger partial charge in [0.1, 0.15) is 0 Å². The maximum Gasteiger partial charge on any atom is -0.0134 e. The normalized spacial score (nSPS) is 9.09. The third-order valence-electron chi connectivity index (χ3n) is 3.04. The molecule has 0 bridgehead atoms. The van der Waals surface area contributed by atoms with E-state index in [1.165, 1.54) is 15.9 Å². The fraction of sp³-hybridized carbons (Fsp3) is 0. The molecule has 0 spiro atoms. The number of rotatable bonds is 3. The zero-order valence-corrected chi connectivity index (χ0v) is 14.3. The predicted molar refractivity (Wildman–Crippen MR) is 108 cm³/mol. The minimum Gasteiger partial charge on any atom is -0.106 e. The van der Waals surface area contributed by atoms with Gasteiger partial charge in [0.05, 0.1) is 0 Å². The fourth-order valence-corrected chi connectivity index (χ4v) is 4.48. The number of hydrogen-bond acceptors (Lipinski definition) is 0. The van der Waals surface area contributed by atoms with E-state index in [-0.39, 0.29) is 0 Å². The highest BCUT2D eigenvalue weighted by atomic mass is 31.1. The van der Waals surface area contributed by atoms with E-state index in [1.54, 1.807) is 0 Å². The Kier molecular flexibility index (Phi) is 9.05. The summed E-state index contributed by atoms with van der Waals surface area (Å²) < 4.78 is 0. The summed E-state index contributed by atoms with van der Waals surface area (Å²) in [5.74, 6) is 0. The second-order valence-electron chi connectivity index (χ2n) is 4.34. The molecule has 0 aliphatic rings. The van der Waals surface area contributed by atoms with Crippen LogP contribution in [0.25, 0.3) is 0 Å². The van der Waals surface area contributed by atoms with Crippen LogP contribution < -0.4 is 15.9 Å². The van der Waals surface area contributed by atoms with Crippen LogP contribution in [0.1, 0.15) is 0 Å². The standard InChI is InChI=1S/C18H15P.2C2H4/c1-4-10-16(11-5-1)19(17-12-6-2-7-13-17)18-14-8-3-9-15-18;2*1-2/h1-15H;2*1-2H2. The highest BCUT2D eigenvalue weighted by Crippen LogP contribution is 2.32. The third kappa shape index (κ3) is 5.36. The third-order valence-corrected chi connectivity index (χ3v) is 5.49. The van der Waals surface area contributed by atoms with Gasteiger partial charge in [0.15, 0.2) is 0 Å². The second-order valence-corrected chi connectivity index (χ2v) is 6.56. The highest BCUT2D eigenvalue weighted by molar-refractivity contribution is 7.79. The molecule has 0 fully saturated rings. The summed E-state index contributed by atoms with van der Waals surface area (Å²) in [6, 6.07) is 32.3. The van der Waals surface area contributed by atoms with Crippen molar-refractivity contribution >= 4 is 23.8 Å². The molecule has 0 amide bonds. The molecular weight excluding hydrogens is 295 g/mol. The molecule has 23 heavy (non-hydrogen) atoms. The van der Waals surface area contributed by atoms with Crippen LogP contribution in [0.2, 0.25) is 0 Å². The molecule has 0 atom stereocenters. The van der Waals surface area contributed by atoms with Crippen LogP contribution in [0.4, 0.5) is 0 Å². The Hall–Kier alpha value is -2.43. The van der Waals surface area contributed by atoms with Crippen molar-refractivity contribution in [2.45, 2.75) is 0 Å². The molecule has 0 saturated heterocycles. The van der Waals surface area contributed by atoms with Crippen molar-refractivity contribution in [3.8, 4) is 0 Å². The summed E-state index contributed by atoms with van der Waals surface area (Å²) >= 11 is 0. The van der Waals surface area contributed by atoms with E-state index in [4.69, 9.17) is 0 Å². The smallest absolute Gasteiger partial charge is 0.0134 e. The van der Waals surface area contributed by atoms with Gasteiger partial charge in [0, 0.05) is 0 Å². The van der Waals surface area contributed by atoms with Gasteiger partial charge < -0.3 is 0 Å². The summed E-state index contributed by atoms with van der Waals surface area (Å²) in [7, 11) is -0.446. The summed E-state index contributed by atoms with van der Waals surface area (Å²) in [6.45, 7) is 12.0. The highest BCUT2D eigenvalue weighted by Gasteiger charge is 2.14. The summed E-state index contributed by atoms with van der Waals surface area (Å²) in [6.07, 6.45) is 0. The van der Waals surface area contributed by atoms with Crippen molar-refractivity contribution in [3.05, 3.63) is 117 Å². The largest absolute Gasteiger partial charge is 0.106 e. The lowest BCUT2D eigenvalue weighted by Gasteiger charge is -2.18. The van der Waals surface area contributed by atoms with Crippen LogP contribution in [0.3, 0.4) is 0 Å². The monoisotopic (exact) mass is 318 g/mol. The minimum atomic E-state index is -0.446. The molecule has 0 unspecified atom stereocenters. The molecule has 1 heteroatoms. The summed E-state index contributed by atoms with van der Waals surface area (Å²) in [4.78, 5) is 0. The van der Waals surface area contributed by atoms with Crippen LogP contribution in [0, 0.1) is 0 Å². The molecule has 0 heterocycles. The lowest BCUT2D eigenvalue weighted by atomic mass is 10.4. The first-order chi connectivity index (χ1) is 11.4. The Labute approximate surface area is 141 Å². The predicted octanol–water partition coefficient (Wildman–Crippen LogP) is 5.05. The molecule has 0 radical (unpaired) electrons. The Morgan fingerprint density at radius 3 is 0.826 bits per heavy atom. The van der Waals surface area contributed by atoms with Gasteiger partial charge in [-0.2, -0.15) is 0 Å². The summed E-state index contributed by atoms with van der Waals surface area (Å²) in [5, 5.41) is 4.19. The van der Waals surface area contributed by atoms with Crippen LogP contribution in [-0.4, -0.2) is 0 Å². The van der Waals surface area contributed by atoms with Crippen LogP contribution in [0.5, 0.6) is 0 Å². The van der Waals surface area contributed by atoms with E-state index in [1.807, 2.05) is 0 Å². The Bertz CT molecular complexity index is 551. The van der Waals surface area contributed by atoms with Gasteiger partial charge in [-0.1, -0.05) is 91.0 Å². The van der Waals surface area contributed by atoms with E-state index in [0.29, 0.717) is 0 Å². The van der Waals surface area contributed by atoms with E-state index in [2.05, 4.69) is 117 Å². The molecule has 3 aromatic carbocycles. The number of benzene rings is 3. The van der Waals surface area contributed by atoms with E-state index >= 15 is 0 Å². The topological polar surface area (TPSA) is 0 Å². The molecule has 3 rings (SSSR count). The average molecular weight is 318 g/mol. The minimum absolute atomic E-state index is 0.446. The SMILES string of the molecule is C=C.C=C.c1ccc(P(c2ccccc2)c2ccccc2)cc1. The molecular formula is C22H23P. The molecule has 116 valence electrons. The van der Waals surface area contributed by atoms with Gasteiger partial charge in [-0.05, 0) is 23.8 Å². The first kappa shape index (κ1) is 18.6. The average Bonchev–Trinajstić information content (AvgIpc) is 2.68. The molecule has 0 aromatic heterocycles. The molecule has 3 aromatic rings. The first-order valence-corrected chi connectivity index (χ1v) is 8.74. The van der Waals surface area contributed by atoms with Gasteiger partial charge in [-0.25, -0.2) is 0 Å². The maximum absolute atomic E-state index is 3.00.